The molecular formula is C21H22N2O4. The number of carbonyl (C=O) groups excluding carboxylic acids is 2. The number of methoxy groups -OCH3 is 1. The highest BCUT2D eigenvalue weighted by molar-refractivity contribution is 6.04. The number of rotatable bonds is 5. The van der Waals surface area contributed by atoms with Crippen LogP contribution in [0.25, 0.3) is 5.70 Å². The molecule has 1 unspecified atom stereocenters. The predicted molar refractivity (Wildman–Crippen MR) is 102 cm³/mol. The molecule has 0 saturated carbocycles. The summed E-state index contributed by atoms with van der Waals surface area (Å²) in [6.07, 6.45) is -0.294. The first-order valence-electron chi connectivity index (χ1n) is 8.72. The molecule has 2 aromatic rings. The SMILES string of the molecule is COc1ccccc1C1NC(=O)NC(c2ccccc2)=C1C(=O)OC(C)C. The Bertz CT molecular complexity index is 875. The monoisotopic (exact) mass is 366 g/mol. The number of benzene rings is 2. The third-order valence-electron chi connectivity index (χ3n) is 4.15. The molecule has 27 heavy (non-hydrogen) atoms. The van der Waals surface area contributed by atoms with Crippen LogP contribution >= 0.6 is 0 Å². The third kappa shape index (κ3) is 3.95. The molecule has 140 valence electrons. The van der Waals surface area contributed by atoms with E-state index in [4.69, 9.17) is 9.47 Å². The number of ether oxygens (including phenoxy) is 2. The first-order valence-corrected chi connectivity index (χ1v) is 8.72. The van der Waals surface area contributed by atoms with Crippen LogP contribution in [0.1, 0.15) is 31.0 Å². The van der Waals surface area contributed by atoms with Gasteiger partial charge in [0.25, 0.3) is 0 Å². The van der Waals surface area contributed by atoms with E-state index in [-0.39, 0.29) is 6.10 Å². The molecule has 2 aromatic carbocycles. The van der Waals surface area contributed by atoms with E-state index in [1.165, 1.54) is 0 Å². The lowest BCUT2D eigenvalue weighted by atomic mass is 9.92. The second kappa shape index (κ2) is 7.95. The van der Waals surface area contributed by atoms with Crippen LogP contribution in [-0.4, -0.2) is 25.2 Å². The smallest absolute Gasteiger partial charge is 0.338 e. The van der Waals surface area contributed by atoms with Gasteiger partial charge in [0.2, 0.25) is 0 Å². The van der Waals surface area contributed by atoms with Crippen molar-refractivity contribution >= 4 is 17.7 Å². The number of hydrogen-bond acceptors (Lipinski definition) is 4. The Hall–Kier alpha value is -3.28. The summed E-state index contributed by atoms with van der Waals surface area (Å²) in [7, 11) is 1.55. The van der Waals surface area contributed by atoms with Crippen molar-refractivity contribution < 1.29 is 19.1 Å². The summed E-state index contributed by atoms with van der Waals surface area (Å²) >= 11 is 0. The van der Waals surface area contributed by atoms with Gasteiger partial charge in [-0.05, 0) is 25.5 Å². The minimum atomic E-state index is -0.698. The molecule has 6 heteroatoms. The van der Waals surface area contributed by atoms with Crippen LogP contribution < -0.4 is 15.4 Å². The largest absolute Gasteiger partial charge is 0.496 e. The van der Waals surface area contributed by atoms with Crippen molar-refractivity contribution in [3.63, 3.8) is 0 Å². The predicted octanol–water partition coefficient (Wildman–Crippen LogP) is 3.41. The van der Waals surface area contributed by atoms with Crippen molar-refractivity contribution in [1.29, 1.82) is 0 Å². The molecule has 6 nitrogen and oxygen atoms in total. The second-order valence-electron chi connectivity index (χ2n) is 6.38. The van der Waals surface area contributed by atoms with Gasteiger partial charge in [-0.1, -0.05) is 48.5 Å². The van der Waals surface area contributed by atoms with E-state index in [9.17, 15) is 9.59 Å². The zero-order valence-electron chi connectivity index (χ0n) is 15.5. The zero-order valence-corrected chi connectivity index (χ0v) is 15.5. The fourth-order valence-electron chi connectivity index (χ4n) is 3.03. The summed E-state index contributed by atoms with van der Waals surface area (Å²) in [6.45, 7) is 3.57. The number of hydrogen-bond donors (Lipinski definition) is 2. The molecular weight excluding hydrogens is 344 g/mol. The molecule has 0 radical (unpaired) electrons. The molecule has 1 aliphatic heterocycles. The van der Waals surface area contributed by atoms with Crippen molar-refractivity contribution in [3.8, 4) is 5.75 Å². The standard InChI is InChI=1S/C21H22N2O4/c1-13(2)27-20(24)17-18(14-9-5-4-6-10-14)22-21(25)23-19(17)15-11-7-8-12-16(15)26-3/h4-13,19H,1-3H3,(H2,22,23,25). The van der Waals surface area contributed by atoms with Gasteiger partial charge in [0.05, 0.1) is 30.5 Å². The molecule has 2 amide bonds. The Morgan fingerprint density at radius 2 is 1.70 bits per heavy atom. The maximum Gasteiger partial charge on any atom is 0.338 e. The van der Waals surface area contributed by atoms with Crippen LogP contribution in [0, 0.1) is 0 Å². The molecule has 0 aromatic heterocycles. The van der Waals surface area contributed by atoms with E-state index in [2.05, 4.69) is 10.6 Å². The first-order chi connectivity index (χ1) is 13.0. The fraction of sp³-hybridized carbons (Fsp3) is 0.238. The summed E-state index contributed by atoms with van der Waals surface area (Å²) < 4.78 is 10.9. The number of carbonyl (C=O) groups is 2. The Labute approximate surface area is 158 Å². The summed E-state index contributed by atoms with van der Waals surface area (Å²) in [4.78, 5) is 25.3. The average Bonchev–Trinajstić information content (AvgIpc) is 2.67. The van der Waals surface area contributed by atoms with E-state index in [0.29, 0.717) is 22.6 Å². The quantitative estimate of drug-likeness (QED) is 0.795. The number of amides is 2. The minimum Gasteiger partial charge on any atom is -0.496 e. The molecule has 0 saturated heterocycles. The minimum absolute atomic E-state index is 0.294. The van der Waals surface area contributed by atoms with Gasteiger partial charge >= 0.3 is 12.0 Å². The Morgan fingerprint density at radius 3 is 2.37 bits per heavy atom. The van der Waals surface area contributed by atoms with Crippen LogP contribution in [0.5, 0.6) is 5.75 Å². The second-order valence-corrected chi connectivity index (χ2v) is 6.38. The van der Waals surface area contributed by atoms with Gasteiger partial charge in [0.1, 0.15) is 5.75 Å². The van der Waals surface area contributed by atoms with E-state index in [1.54, 1.807) is 27.0 Å². The van der Waals surface area contributed by atoms with Gasteiger partial charge < -0.3 is 20.1 Å². The van der Waals surface area contributed by atoms with Crippen LogP contribution in [0.15, 0.2) is 60.2 Å². The molecule has 3 rings (SSSR count). The van der Waals surface area contributed by atoms with Gasteiger partial charge in [-0.2, -0.15) is 0 Å². The molecule has 0 fully saturated rings. The maximum absolute atomic E-state index is 13.0. The molecule has 1 aliphatic rings. The molecule has 0 spiro atoms. The van der Waals surface area contributed by atoms with Crippen LogP contribution in [0.2, 0.25) is 0 Å². The first kappa shape index (κ1) is 18.5. The van der Waals surface area contributed by atoms with Gasteiger partial charge in [-0.3, -0.25) is 0 Å². The zero-order chi connectivity index (χ0) is 19.4. The normalized spacial score (nSPS) is 16.6. The molecule has 0 aliphatic carbocycles. The van der Waals surface area contributed by atoms with E-state index >= 15 is 0 Å². The summed E-state index contributed by atoms with van der Waals surface area (Å²) in [5.41, 5.74) is 2.17. The number of para-hydroxylation sites is 1. The molecule has 1 atom stereocenters. The highest BCUT2D eigenvalue weighted by Gasteiger charge is 2.36. The van der Waals surface area contributed by atoms with Gasteiger partial charge in [0, 0.05) is 5.56 Å². The number of esters is 1. The van der Waals surface area contributed by atoms with Gasteiger partial charge in [-0.15, -0.1) is 0 Å². The Balaban J connectivity index is 2.20. The lowest BCUT2D eigenvalue weighted by Gasteiger charge is -2.30. The van der Waals surface area contributed by atoms with E-state index < -0.39 is 18.0 Å². The van der Waals surface area contributed by atoms with Crippen molar-refractivity contribution in [2.75, 3.05) is 7.11 Å². The fourth-order valence-corrected chi connectivity index (χ4v) is 3.03. The van der Waals surface area contributed by atoms with Gasteiger partial charge in [0.15, 0.2) is 0 Å². The Kier molecular flexibility index (Phi) is 5.45. The highest BCUT2D eigenvalue weighted by atomic mass is 16.5. The van der Waals surface area contributed by atoms with E-state index in [1.807, 2.05) is 48.5 Å². The lowest BCUT2D eigenvalue weighted by molar-refractivity contribution is -0.143. The van der Waals surface area contributed by atoms with Crippen LogP contribution in [-0.2, 0) is 9.53 Å². The van der Waals surface area contributed by atoms with Crippen molar-refractivity contribution in [1.82, 2.24) is 10.6 Å². The summed E-state index contributed by atoms with van der Waals surface area (Å²) in [6, 6.07) is 15.4. The average molecular weight is 366 g/mol. The van der Waals surface area contributed by atoms with Crippen LogP contribution in [0.4, 0.5) is 4.79 Å². The Morgan fingerprint density at radius 1 is 1.04 bits per heavy atom. The van der Waals surface area contributed by atoms with Crippen LogP contribution in [0.3, 0.4) is 0 Å². The van der Waals surface area contributed by atoms with E-state index in [0.717, 1.165) is 5.56 Å². The maximum atomic E-state index is 13.0. The van der Waals surface area contributed by atoms with Crippen molar-refractivity contribution in [2.45, 2.75) is 26.0 Å². The summed E-state index contributed by atoms with van der Waals surface area (Å²) in [5, 5.41) is 5.58. The third-order valence-corrected chi connectivity index (χ3v) is 4.15. The molecule has 0 bridgehead atoms. The van der Waals surface area contributed by atoms with Crippen molar-refractivity contribution in [2.24, 2.45) is 0 Å². The topological polar surface area (TPSA) is 76.7 Å². The lowest BCUT2D eigenvalue weighted by Crippen LogP contribution is -2.45. The molecule has 1 heterocycles. The molecule has 2 N–H and O–H groups in total. The van der Waals surface area contributed by atoms with Gasteiger partial charge in [-0.25, -0.2) is 9.59 Å². The summed E-state index contributed by atoms with van der Waals surface area (Å²) in [5.74, 6) is 0.0826. The number of urea groups is 1. The highest BCUT2D eigenvalue weighted by Crippen LogP contribution is 2.36. The number of nitrogens with one attached hydrogen (secondary N) is 2. The van der Waals surface area contributed by atoms with Crippen molar-refractivity contribution in [3.05, 3.63) is 71.3 Å².